The first-order chi connectivity index (χ1) is 8.96. The molecular formula is C13H19ClN2O2S. The summed E-state index contributed by atoms with van der Waals surface area (Å²) in [5.74, 6) is 0.609. The van der Waals surface area contributed by atoms with Crippen LogP contribution in [-0.4, -0.2) is 45.3 Å². The first-order valence-corrected chi connectivity index (χ1v) is 8.29. The van der Waals surface area contributed by atoms with Crippen molar-refractivity contribution in [3.8, 4) is 0 Å². The maximum Gasteiger partial charge on any atom is 0.242 e. The molecule has 1 atom stereocenters. The smallest absolute Gasteiger partial charge is 0.242 e. The molecule has 0 N–H and O–H groups in total. The highest BCUT2D eigenvalue weighted by Crippen LogP contribution is 2.27. The van der Waals surface area contributed by atoms with Crippen LogP contribution in [0.2, 0.25) is 0 Å². The maximum absolute atomic E-state index is 12.0. The Morgan fingerprint density at radius 1 is 1.32 bits per heavy atom. The van der Waals surface area contributed by atoms with Crippen LogP contribution >= 0.6 is 11.6 Å². The Morgan fingerprint density at radius 3 is 2.47 bits per heavy atom. The van der Waals surface area contributed by atoms with Crippen LogP contribution in [-0.2, 0) is 10.0 Å². The van der Waals surface area contributed by atoms with Gasteiger partial charge in [-0.05, 0) is 37.1 Å². The average molecular weight is 303 g/mol. The van der Waals surface area contributed by atoms with Crippen LogP contribution < -0.4 is 4.90 Å². The number of benzene rings is 1. The zero-order valence-electron chi connectivity index (χ0n) is 11.2. The van der Waals surface area contributed by atoms with Gasteiger partial charge in [-0.3, -0.25) is 0 Å². The van der Waals surface area contributed by atoms with Gasteiger partial charge in [0.05, 0.1) is 4.90 Å². The molecule has 0 amide bonds. The van der Waals surface area contributed by atoms with E-state index < -0.39 is 10.0 Å². The molecule has 6 heteroatoms. The molecule has 2 rings (SSSR count). The van der Waals surface area contributed by atoms with Gasteiger partial charge in [-0.15, -0.1) is 11.6 Å². The van der Waals surface area contributed by atoms with Crippen molar-refractivity contribution in [2.45, 2.75) is 23.8 Å². The van der Waals surface area contributed by atoms with Crippen molar-refractivity contribution in [3.63, 3.8) is 0 Å². The first-order valence-electron chi connectivity index (χ1n) is 6.32. The van der Waals surface area contributed by atoms with Gasteiger partial charge in [-0.1, -0.05) is 0 Å². The second-order valence-corrected chi connectivity index (χ2v) is 7.39. The minimum Gasteiger partial charge on any atom is -0.367 e. The van der Waals surface area contributed by atoms with Gasteiger partial charge in [0.15, 0.2) is 0 Å². The van der Waals surface area contributed by atoms with E-state index in [1.165, 1.54) is 18.4 Å². The summed E-state index contributed by atoms with van der Waals surface area (Å²) in [4.78, 5) is 2.57. The molecule has 1 aromatic rings. The van der Waals surface area contributed by atoms with Crippen molar-refractivity contribution in [2.75, 3.05) is 31.4 Å². The van der Waals surface area contributed by atoms with E-state index in [4.69, 9.17) is 11.6 Å². The molecular weight excluding hydrogens is 284 g/mol. The van der Waals surface area contributed by atoms with Crippen molar-refractivity contribution in [1.29, 1.82) is 0 Å². The minimum absolute atomic E-state index is 0.322. The van der Waals surface area contributed by atoms with E-state index in [9.17, 15) is 8.42 Å². The number of halogens is 1. The Balaban J connectivity index is 2.24. The Kier molecular flexibility index (Phi) is 4.38. The lowest BCUT2D eigenvalue weighted by Gasteiger charge is -2.25. The number of alkyl halides is 1. The van der Waals surface area contributed by atoms with Gasteiger partial charge >= 0.3 is 0 Å². The third-order valence-corrected chi connectivity index (χ3v) is 5.69. The van der Waals surface area contributed by atoms with Crippen molar-refractivity contribution in [3.05, 3.63) is 24.3 Å². The fraction of sp³-hybridized carbons (Fsp3) is 0.538. The van der Waals surface area contributed by atoms with Crippen LogP contribution in [0, 0.1) is 0 Å². The Morgan fingerprint density at radius 2 is 1.95 bits per heavy atom. The van der Waals surface area contributed by atoms with Crippen molar-refractivity contribution in [1.82, 2.24) is 4.31 Å². The third kappa shape index (κ3) is 2.88. The van der Waals surface area contributed by atoms with E-state index in [2.05, 4.69) is 4.90 Å². The van der Waals surface area contributed by atoms with E-state index in [0.717, 1.165) is 25.1 Å². The molecule has 19 heavy (non-hydrogen) atoms. The molecule has 106 valence electrons. The molecule has 0 radical (unpaired) electrons. The summed E-state index contributed by atoms with van der Waals surface area (Å²) in [6, 6.07) is 7.41. The maximum atomic E-state index is 12.0. The third-order valence-electron chi connectivity index (χ3n) is 3.50. The number of anilines is 1. The molecule has 1 heterocycles. The molecule has 1 unspecified atom stereocenters. The van der Waals surface area contributed by atoms with Gasteiger partial charge in [0.1, 0.15) is 0 Å². The highest BCUT2D eigenvalue weighted by molar-refractivity contribution is 7.89. The molecule has 0 bridgehead atoms. The van der Waals surface area contributed by atoms with E-state index >= 15 is 0 Å². The topological polar surface area (TPSA) is 40.6 Å². The van der Waals surface area contributed by atoms with E-state index in [1.54, 1.807) is 12.1 Å². The summed E-state index contributed by atoms with van der Waals surface area (Å²) < 4.78 is 25.2. The minimum atomic E-state index is -3.35. The summed E-state index contributed by atoms with van der Waals surface area (Å²) in [5, 5.41) is 0. The van der Waals surface area contributed by atoms with Crippen LogP contribution in [0.15, 0.2) is 29.2 Å². The lowest BCUT2D eigenvalue weighted by atomic mass is 10.2. The number of hydrogen-bond acceptors (Lipinski definition) is 3. The zero-order chi connectivity index (χ0) is 14.0. The van der Waals surface area contributed by atoms with E-state index in [1.807, 2.05) is 12.1 Å². The Labute approximate surface area is 120 Å². The summed E-state index contributed by atoms with van der Waals surface area (Å²) in [6.45, 7) is 0.983. The molecule has 0 aliphatic carbocycles. The standard InChI is InChI=1S/C13H19ClN2O2S/c1-15(2)19(17,18)13-7-5-11(6-8-13)16-9-3-4-12(16)10-14/h5-8,12H,3-4,9-10H2,1-2H3. The predicted molar refractivity (Wildman–Crippen MR) is 78.4 cm³/mol. The highest BCUT2D eigenvalue weighted by atomic mass is 35.5. The predicted octanol–water partition coefficient (Wildman–Crippen LogP) is 2.14. The van der Waals surface area contributed by atoms with Crippen LogP contribution in [0.1, 0.15) is 12.8 Å². The Hall–Kier alpha value is -0.780. The second kappa shape index (κ2) is 5.69. The molecule has 4 nitrogen and oxygen atoms in total. The van der Waals surface area contributed by atoms with Gasteiger partial charge in [-0.2, -0.15) is 0 Å². The lowest BCUT2D eigenvalue weighted by Crippen LogP contribution is -2.30. The van der Waals surface area contributed by atoms with Gasteiger partial charge in [0.25, 0.3) is 0 Å². The van der Waals surface area contributed by atoms with E-state index in [0.29, 0.717) is 16.8 Å². The molecule has 1 aliphatic rings. The monoisotopic (exact) mass is 302 g/mol. The fourth-order valence-corrected chi connectivity index (χ4v) is 3.58. The van der Waals surface area contributed by atoms with Crippen LogP contribution in [0.25, 0.3) is 0 Å². The van der Waals surface area contributed by atoms with Crippen molar-refractivity contribution < 1.29 is 8.42 Å². The van der Waals surface area contributed by atoms with Gasteiger partial charge in [-0.25, -0.2) is 12.7 Å². The molecule has 0 aromatic heterocycles. The molecule has 1 aromatic carbocycles. The fourth-order valence-electron chi connectivity index (χ4n) is 2.36. The van der Waals surface area contributed by atoms with Crippen LogP contribution in [0.4, 0.5) is 5.69 Å². The Bertz CT molecular complexity index is 528. The van der Waals surface area contributed by atoms with Crippen LogP contribution in [0.3, 0.4) is 0 Å². The number of rotatable bonds is 4. The normalized spacial score (nSPS) is 20.2. The van der Waals surface area contributed by atoms with Crippen molar-refractivity contribution >= 4 is 27.3 Å². The largest absolute Gasteiger partial charge is 0.367 e. The SMILES string of the molecule is CN(C)S(=O)(=O)c1ccc(N2CCCC2CCl)cc1. The van der Waals surface area contributed by atoms with Crippen LogP contribution in [0.5, 0.6) is 0 Å². The van der Waals surface area contributed by atoms with Gasteiger partial charge < -0.3 is 4.90 Å². The molecule has 0 saturated carbocycles. The molecule has 1 saturated heterocycles. The number of nitrogens with zero attached hydrogens (tertiary/aromatic N) is 2. The number of hydrogen-bond donors (Lipinski definition) is 0. The molecule has 1 aliphatic heterocycles. The molecule has 0 spiro atoms. The summed E-state index contributed by atoms with van der Waals surface area (Å²) in [6.07, 6.45) is 2.23. The highest BCUT2D eigenvalue weighted by Gasteiger charge is 2.24. The average Bonchev–Trinajstić information content (AvgIpc) is 2.87. The zero-order valence-corrected chi connectivity index (χ0v) is 12.8. The van der Waals surface area contributed by atoms with Crippen molar-refractivity contribution in [2.24, 2.45) is 0 Å². The second-order valence-electron chi connectivity index (χ2n) is 4.93. The summed E-state index contributed by atoms with van der Waals surface area (Å²) >= 11 is 5.95. The lowest BCUT2D eigenvalue weighted by molar-refractivity contribution is 0.521. The van der Waals surface area contributed by atoms with E-state index in [-0.39, 0.29) is 0 Å². The first kappa shape index (κ1) is 14.6. The summed E-state index contributed by atoms with van der Waals surface area (Å²) in [5.41, 5.74) is 1.04. The molecule has 1 fully saturated rings. The summed E-state index contributed by atoms with van der Waals surface area (Å²) in [7, 11) is -0.278. The quantitative estimate of drug-likeness (QED) is 0.800. The number of sulfonamides is 1. The van der Waals surface area contributed by atoms with Gasteiger partial charge in [0.2, 0.25) is 10.0 Å². The van der Waals surface area contributed by atoms with Gasteiger partial charge in [0, 0.05) is 38.2 Å².